The summed E-state index contributed by atoms with van der Waals surface area (Å²) in [6, 6.07) is 2.06. The fraction of sp³-hybridized carbons (Fsp3) is 0.364. The van der Waals surface area contributed by atoms with Gasteiger partial charge in [0.2, 0.25) is 0 Å². The first kappa shape index (κ1) is 9.12. The van der Waals surface area contributed by atoms with E-state index in [0.717, 1.165) is 18.1 Å². The highest BCUT2D eigenvalue weighted by Gasteiger charge is 2.19. The Morgan fingerprint density at radius 2 is 2.47 bits per heavy atom. The maximum Gasteiger partial charge on any atom is 0.125 e. The van der Waals surface area contributed by atoms with Crippen molar-refractivity contribution in [3.8, 4) is 10.6 Å². The Bertz CT molecular complexity index is 426. The smallest absolute Gasteiger partial charge is 0.125 e. The summed E-state index contributed by atoms with van der Waals surface area (Å²) >= 11 is 1.74. The monoisotopic (exact) mass is 219 g/mol. The minimum Gasteiger partial charge on any atom is -0.367 e. The van der Waals surface area contributed by atoms with Gasteiger partial charge in [-0.3, -0.25) is 0 Å². The van der Waals surface area contributed by atoms with E-state index in [9.17, 15) is 0 Å². The van der Waals surface area contributed by atoms with Crippen molar-refractivity contribution < 1.29 is 0 Å². The highest BCUT2D eigenvalue weighted by molar-refractivity contribution is 7.13. The van der Waals surface area contributed by atoms with E-state index in [1.54, 1.807) is 11.3 Å². The van der Waals surface area contributed by atoms with Crippen molar-refractivity contribution in [3.05, 3.63) is 29.5 Å². The van der Waals surface area contributed by atoms with Crippen molar-refractivity contribution in [2.45, 2.75) is 12.3 Å². The van der Waals surface area contributed by atoms with E-state index < -0.39 is 0 Å². The Balaban J connectivity index is 1.87. The third kappa shape index (κ3) is 1.70. The van der Waals surface area contributed by atoms with Crippen molar-refractivity contribution in [2.24, 2.45) is 0 Å². The van der Waals surface area contributed by atoms with Gasteiger partial charge in [0.05, 0.1) is 5.69 Å². The van der Waals surface area contributed by atoms with Crippen molar-refractivity contribution >= 4 is 11.3 Å². The molecule has 0 spiro atoms. The molecule has 2 N–H and O–H groups in total. The molecular formula is C11H13N3S. The van der Waals surface area contributed by atoms with Crippen molar-refractivity contribution in [1.82, 2.24) is 15.3 Å². The number of hydrogen-bond donors (Lipinski definition) is 2. The highest BCUT2D eigenvalue weighted by Crippen LogP contribution is 2.29. The molecule has 0 aliphatic carbocycles. The largest absolute Gasteiger partial charge is 0.367 e. The number of hydrogen-bond acceptors (Lipinski definition) is 3. The predicted molar refractivity (Wildman–Crippen MR) is 62.1 cm³/mol. The van der Waals surface area contributed by atoms with Crippen LogP contribution in [0, 0.1) is 0 Å². The lowest BCUT2D eigenvalue weighted by Crippen LogP contribution is -2.08. The summed E-state index contributed by atoms with van der Waals surface area (Å²) in [6.07, 6.45) is 5.15. The normalized spacial score (nSPS) is 20.9. The number of rotatable bonds is 2. The maximum atomic E-state index is 4.69. The highest BCUT2D eigenvalue weighted by atomic mass is 32.1. The third-order valence-corrected chi connectivity index (χ3v) is 3.76. The molecule has 78 valence electrons. The third-order valence-electron chi connectivity index (χ3n) is 2.85. The minimum absolute atomic E-state index is 0.619. The molecule has 0 radical (unpaired) electrons. The predicted octanol–water partition coefficient (Wildman–Crippen LogP) is 2.22. The van der Waals surface area contributed by atoms with Crippen molar-refractivity contribution in [3.63, 3.8) is 0 Å². The molecule has 1 atom stereocenters. The fourth-order valence-electron chi connectivity index (χ4n) is 1.97. The van der Waals surface area contributed by atoms with Gasteiger partial charge in [-0.2, -0.15) is 0 Å². The van der Waals surface area contributed by atoms with Crippen LogP contribution in [0.1, 0.15) is 18.0 Å². The van der Waals surface area contributed by atoms with Crippen LogP contribution in [0.5, 0.6) is 0 Å². The summed E-state index contributed by atoms with van der Waals surface area (Å²) in [7, 11) is 0. The number of thiazole rings is 1. The van der Waals surface area contributed by atoms with E-state index in [1.165, 1.54) is 17.7 Å². The van der Waals surface area contributed by atoms with Gasteiger partial charge in [-0.15, -0.1) is 11.3 Å². The van der Waals surface area contributed by atoms with E-state index in [-0.39, 0.29) is 0 Å². The Kier molecular flexibility index (Phi) is 2.31. The van der Waals surface area contributed by atoms with Gasteiger partial charge in [0, 0.05) is 35.8 Å². The van der Waals surface area contributed by atoms with Crippen LogP contribution in [0.25, 0.3) is 10.6 Å². The first-order valence-electron chi connectivity index (χ1n) is 5.23. The molecule has 3 rings (SSSR count). The molecule has 0 aromatic carbocycles. The van der Waals surface area contributed by atoms with E-state index in [0.29, 0.717) is 5.92 Å². The molecule has 1 fully saturated rings. The summed E-state index contributed by atoms with van der Waals surface area (Å²) in [5.74, 6) is 0.619. The van der Waals surface area contributed by atoms with E-state index in [1.807, 2.05) is 12.4 Å². The van der Waals surface area contributed by atoms with Gasteiger partial charge in [-0.25, -0.2) is 4.98 Å². The van der Waals surface area contributed by atoms with Crippen LogP contribution in [0.15, 0.2) is 23.8 Å². The topological polar surface area (TPSA) is 40.7 Å². The Morgan fingerprint density at radius 3 is 3.20 bits per heavy atom. The molecule has 1 aliphatic rings. The summed E-state index contributed by atoms with van der Waals surface area (Å²) in [6.45, 7) is 2.21. The van der Waals surface area contributed by atoms with E-state index >= 15 is 0 Å². The number of aromatic nitrogens is 2. The van der Waals surface area contributed by atoms with E-state index in [4.69, 9.17) is 4.98 Å². The Morgan fingerprint density at radius 1 is 1.47 bits per heavy atom. The summed E-state index contributed by atoms with van der Waals surface area (Å²) in [5, 5.41) is 6.69. The lowest BCUT2D eigenvalue weighted by atomic mass is 10.1. The van der Waals surface area contributed by atoms with Crippen molar-refractivity contribution in [1.29, 1.82) is 0 Å². The molecule has 0 saturated carbocycles. The van der Waals surface area contributed by atoms with Gasteiger partial charge >= 0.3 is 0 Å². The SMILES string of the molecule is c1cc(-c2nc(C3CCNC3)cs2)c[nH]1. The fourth-order valence-corrected chi connectivity index (χ4v) is 2.87. The van der Waals surface area contributed by atoms with Crippen LogP contribution in [0.3, 0.4) is 0 Å². The van der Waals surface area contributed by atoms with Crippen LogP contribution in [0.4, 0.5) is 0 Å². The molecule has 1 saturated heterocycles. The zero-order chi connectivity index (χ0) is 10.1. The second-order valence-corrected chi connectivity index (χ2v) is 4.73. The average molecular weight is 219 g/mol. The van der Waals surface area contributed by atoms with Crippen LogP contribution in [-0.4, -0.2) is 23.1 Å². The van der Waals surface area contributed by atoms with Crippen LogP contribution >= 0.6 is 11.3 Å². The second kappa shape index (κ2) is 3.79. The van der Waals surface area contributed by atoms with Crippen LogP contribution < -0.4 is 5.32 Å². The van der Waals surface area contributed by atoms with Crippen LogP contribution in [-0.2, 0) is 0 Å². The lowest BCUT2D eigenvalue weighted by molar-refractivity contribution is 0.742. The van der Waals surface area contributed by atoms with Gasteiger partial charge < -0.3 is 10.3 Å². The van der Waals surface area contributed by atoms with Gasteiger partial charge in [0.1, 0.15) is 5.01 Å². The summed E-state index contributed by atoms with van der Waals surface area (Å²) < 4.78 is 0. The zero-order valence-electron chi connectivity index (χ0n) is 8.36. The van der Waals surface area contributed by atoms with Gasteiger partial charge in [-0.05, 0) is 19.0 Å². The van der Waals surface area contributed by atoms with Crippen molar-refractivity contribution in [2.75, 3.05) is 13.1 Å². The lowest BCUT2D eigenvalue weighted by Gasteiger charge is -2.01. The molecule has 4 heteroatoms. The first-order chi connectivity index (χ1) is 7.43. The minimum atomic E-state index is 0.619. The molecule has 0 amide bonds. The molecule has 3 nitrogen and oxygen atoms in total. The second-order valence-electron chi connectivity index (χ2n) is 3.87. The first-order valence-corrected chi connectivity index (χ1v) is 6.11. The van der Waals surface area contributed by atoms with Crippen LogP contribution in [0.2, 0.25) is 0 Å². The number of nitrogens with zero attached hydrogens (tertiary/aromatic N) is 1. The molecule has 15 heavy (non-hydrogen) atoms. The average Bonchev–Trinajstić information content (AvgIpc) is 3.02. The Labute approximate surface area is 92.6 Å². The molecule has 0 bridgehead atoms. The molecule has 3 heterocycles. The molecule has 2 aromatic heterocycles. The number of aromatic amines is 1. The molecule has 2 aromatic rings. The molecular weight excluding hydrogens is 206 g/mol. The number of nitrogens with one attached hydrogen (secondary N) is 2. The Hall–Kier alpha value is -1.13. The zero-order valence-corrected chi connectivity index (χ0v) is 9.18. The standard InChI is InChI=1S/C11H13N3S/c1-3-12-5-8(1)10-7-15-11(14-10)9-2-4-13-6-9/h2,4,6-8,12-13H,1,3,5H2. The summed E-state index contributed by atoms with van der Waals surface area (Å²) in [4.78, 5) is 7.75. The molecule has 1 unspecified atom stereocenters. The van der Waals surface area contributed by atoms with Gasteiger partial charge in [0.15, 0.2) is 0 Å². The molecule has 1 aliphatic heterocycles. The van der Waals surface area contributed by atoms with Gasteiger partial charge in [-0.1, -0.05) is 0 Å². The van der Waals surface area contributed by atoms with Gasteiger partial charge in [0.25, 0.3) is 0 Å². The number of H-pyrrole nitrogens is 1. The van der Waals surface area contributed by atoms with E-state index in [2.05, 4.69) is 21.7 Å². The summed E-state index contributed by atoms with van der Waals surface area (Å²) in [5.41, 5.74) is 2.44. The quantitative estimate of drug-likeness (QED) is 0.813. The maximum absolute atomic E-state index is 4.69.